The molecular weight excluding hydrogens is 745 g/mol. The molecule has 8 aromatic rings. The number of anilines is 2. The number of allylic oxidation sites excluding steroid dienone is 2. The predicted octanol–water partition coefficient (Wildman–Crippen LogP) is 14.5. The molecule has 0 atom stereocenters. The lowest BCUT2D eigenvalue weighted by atomic mass is 9.78. The van der Waals surface area contributed by atoms with Gasteiger partial charge >= 0.3 is 0 Å². The van der Waals surface area contributed by atoms with Crippen molar-refractivity contribution in [1.82, 2.24) is 9.55 Å². The molecule has 61 heavy (non-hydrogen) atoms. The third-order valence-corrected chi connectivity index (χ3v) is 13.2. The molecule has 0 fully saturated rings. The van der Waals surface area contributed by atoms with E-state index >= 15 is 0 Å². The second-order valence-electron chi connectivity index (χ2n) is 18.7. The maximum Gasteiger partial charge on any atom is 0.137 e. The number of fused-ring (bicyclic) bond motifs is 3. The number of pyridine rings is 1. The third kappa shape index (κ3) is 7.26. The molecule has 0 unspecified atom stereocenters. The summed E-state index contributed by atoms with van der Waals surface area (Å²) < 4.78 is 9.19. The van der Waals surface area contributed by atoms with E-state index in [1.165, 1.54) is 50.3 Å². The predicted molar refractivity (Wildman–Crippen MR) is 256 cm³/mol. The summed E-state index contributed by atoms with van der Waals surface area (Å²) in [5.41, 5.74) is 12.8. The number of hydrogen-bond acceptors (Lipinski definition) is 4. The normalized spacial score (nSPS) is 13.8. The van der Waals surface area contributed by atoms with Crippen molar-refractivity contribution in [2.45, 2.75) is 78.6 Å². The van der Waals surface area contributed by atoms with Crippen LogP contribution < -0.4 is 14.5 Å². The summed E-state index contributed by atoms with van der Waals surface area (Å²) >= 11 is 0. The molecule has 6 aromatic carbocycles. The molecule has 5 heteroatoms. The zero-order valence-corrected chi connectivity index (χ0v) is 37.0. The highest BCUT2D eigenvalue weighted by Gasteiger charge is 2.29. The van der Waals surface area contributed by atoms with Gasteiger partial charge < -0.3 is 14.5 Å². The van der Waals surface area contributed by atoms with Gasteiger partial charge in [-0.25, -0.2) is 4.98 Å². The lowest BCUT2D eigenvalue weighted by Gasteiger charge is -2.28. The fourth-order valence-corrected chi connectivity index (χ4v) is 8.95. The molecule has 0 saturated heterocycles. The zero-order valence-electron chi connectivity index (χ0n) is 37.0. The maximum absolute atomic E-state index is 6.91. The molecule has 0 saturated carbocycles. The fourth-order valence-electron chi connectivity index (χ4n) is 8.95. The highest BCUT2D eigenvalue weighted by molar-refractivity contribution is 6.09. The Morgan fingerprint density at radius 1 is 0.459 bits per heavy atom. The average molecular weight is 801 g/mol. The Hall–Kier alpha value is -6.59. The molecule has 5 nitrogen and oxygen atoms in total. The van der Waals surface area contributed by atoms with Crippen LogP contribution in [0.3, 0.4) is 0 Å². The molecule has 1 aliphatic heterocycles. The van der Waals surface area contributed by atoms with E-state index in [9.17, 15) is 0 Å². The number of rotatable bonds is 9. The Morgan fingerprint density at radius 2 is 1.03 bits per heavy atom. The number of nitrogens with zero attached hydrogens (tertiary/aromatic N) is 4. The van der Waals surface area contributed by atoms with Crippen molar-refractivity contribution in [2.75, 3.05) is 16.5 Å². The quantitative estimate of drug-likeness (QED) is 0.146. The van der Waals surface area contributed by atoms with E-state index in [4.69, 9.17) is 9.72 Å². The first-order valence-corrected chi connectivity index (χ1v) is 21.5. The molecule has 0 aliphatic carbocycles. The molecule has 0 bridgehead atoms. The molecule has 0 N–H and O–H groups in total. The van der Waals surface area contributed by atoms with Crippen molar-refractivity contribution in [3.63, 3.8) is 0 Å². The summed E-state index contributed by atoms with van der Waals surface area (Å²) in [5.74, 6) is 2.47. The first-order chi connectivity index (χ1) is 29.2. The third-order valence-electron chi connectivity index (χ3n) is 13.2. The number of para-hydroxylation sites is 1. The monoisotopic (exact) mass is 800 g/mol. The fraction of sp³-hybridized carbons (Fsp3) is 0.232. The van der Waals surface area contributed by atoms with Crippen LogP contribution in [0.15, 0.2) is 175 Å². The second kappa shape index (κ2) is 15.1. The Balaban J connectivity index is 1.05. The number of benzene rings is 6. The summed E-state index contributed by atoms with van der Waals surface area (Å²) in [5, 5.41) is 2.34. The zero-order chi connectivity index (χ0) is 42.7. The Morgan fingerprint density at radius 3 is 1.69 bits per heavy atom. The van der Waals surface area contributed by atoms with E-state index in [2.05, 4.69) is 234 Å². The highest BCUT2D eigenvalue weighted by atomic mass is 16.5. The van der Waals surface area contributed by atoms with Gasteiger partial charge in [-0.3, -0.25) is 4.57 Å². The van der Waals surface area contributed by atoms with Crippen molar-refractivity contribution in [3.8, 4) is 17.3 Å². The SMILES string of the molecule is CC1=C(C)N(c2cc(Oc3ccc4c5ccccc5n(-c5cc(C(C)(C)c6ccccc6)ccn5)c4c3)cc(C(C)(C)C)c2)CN1c1ccc(C(C)(C)c2ccccc2)cc1. The minimum Gasteiger partial charge on any atom is -0.457 e. The van der Waals surface area contributed by atoms with Crippen LogP contribution in [0.5, 0.6) is 11.5 Å². The molecular formula is C56H56N4O. The standard InChI is InChI=1S/C56H56N4O/c1-38-39(2)59(37-58(38)45-26-24-42(25-27-45)55(6,7)40-18-12-10-13-19-40)46-32-44(54(3,4)5)33-48(35-46)61-47-28-29-50-49-22-16-17-23-51(49)60(52(50)36-47)53-34-43(30-31-57-53)56(8,9)41-20-14-11-15-21-41/h10-36H,37H2,1-9H3. The molecule has 9 rings (SSSR count). The van der Waals surface area contributed by atoms with Crippen molar-refractivity contribution in [3.05, 3.63) is 203 Å². The first-order valence-electron chi connectivity index (χ1n) is 21.5. The van der Waals surface area contributed by atoms with E-state index < -0.39 is 0 Å². The number of aromatic nitrogens is 2. The van der Waals surface area contributed by atoms with Crippen molar-refractivity contribution < 1.29 is 4.74 Å². The molecule has 1 aliphatic rings. The summed E-state index contributed by atoms with van der Waals surface area (Å²) in [6.07, 6.45) is 1.94. The van der Waals surface area contributed by atoms with Gasteiger partial charge in [-0.1, -0.05) is 139 Å². The molecule has 306 valence electrons. The van der Waals surface area contributed by atoms with Gasteiger partial charge in [0.2, 0.25) is 0 Å². The summed E-state index contributed by atoms with van der Waals surface area (Å²) in [6.45, 7) is 21.1. The minimum absolute atomic E-state index is 0.0930. The van der Waals surface area contributed by atoms with Crippen LogP contribution in [0.1, 0.15) is 90.1 Å². The van der Waals surface area contributed by atoms with Crippen molar-refractivity contribution in [1.29, 1.82) is 0 Å². The van der Waals surface area contributed by atoms with Crippen LogP contribution in [0.4, 0.5) is 11.4 Å². The lowest BCUT2D eigenvalue weighted by Crippen LogP contribution is -2.27. The highest BCUT2D eigenvalue weighted by Crippen LogP contribution is 2.41. The Bertz CT molecular complexity index is 2910. The largest absolute Gasteiger partial charge is 0.457 e. The minimum atomic E-state index is -0.204. The van der Waals surface area contributed by atoms with E-state index in [1.807, 2.05) is 6.20 Å². The van der Waals surface area contributed by atoms with Gasteiger partial charge in [0.25, 0.3) is 0 Å². The lowest BCUT2D eigenvalue weighted by molar-refractivity contribution is 0.479. The first kappa shape index (κ1) is 39.8. The van der Waals surface area contributed by atoms with Crippen LogP contribution >= 0.6 is 0 Å². The smallest absolute Gasteiger partial charge is 0.137 e. The number of hydrogen-bond donors (Lipinski definition) is 0. The number of ether oxygens (including phenoxy) is 1. The van der Waals surface area contributed by atoms with Gasteiger partial charge in [0.1, 0.15) is 17.3 Å². The Labute approximate surface area is 361 Å². The maximum atomic E-state index is 6.91. The molecule has 0 amide bonds. The van der Waals surface area contributed by atoms with Gasteiger partial charge in [-0.05, 0) is 102 Å². The van der Waals surface area contributed by atoms with Gasteiger partial charge in [-0.15, -0.1) is 0 Å². The van der Waals surface area contributed by atoms with Gasteiger partial charge in [-0.2, -0.15) is 0 Å². The average Bonchev–Trinajstić information content (AvgIpc) is 3.76. The van der Waals surface area contributed by atoms with Crippen LogP contribution in [0.2, 0.25) is 0 Å². The van der Waals surface area contributed by atoms with Crippen LogP contribution in [0.25, 0.3) is 27.6 Å². The molecule has 0 radical (unpaired) electrons. The van der Waals surface area contributed by atoms with E-state index in [1.54, 1.807) is 0 Å². The van der Waals surface area contributed by atoms with Gasteiger partial charge in [0, 0.05) is 62.7 Å². The van der Waals surface area contributed by atoms with E-state index in [0.717, 1.165) is 39.4 Å². The molecule has 0 spiro atoms. The van der Waals surface area contributed by atoms with Crippen LogP contribution in [-0.2, 0) is 16.2 Å². The van der Waals surface area contributed by atoms with Crippen LogP contribution in [-0.4, -0.2) is 16.2 Å². The summed E-state index contributed by atoms with van der Waals surface area (Å²) in [7, 11) is 0. The van der Waals surface area contributed by atoms with Crippen LogP contribution in [0, 0.1) is 0 Å². The topological polar surface area (TPSA) is 33.5 Å². The molecule has 2 aromatic heterocycles. The van der Waals surface area contributed by atoms with Crippen molar-refractivity contribution in [2.24, 2.45) is 0 Å². The summed E-state index contributed by atoms with van der Waals surface area (Å²) in [4.78, 5) is 9.80. The van der Waals surface area contributed by atoms with E-state index in [0.29, 0.717) is 6.67 Å². The van der Waals surface area contributed by atoms with E-state index in [-0.39, 0.29) is 16.2 Å². The summed E-state index contributed by atoms with van der Waals surface area (Å²) in [6, 6.07) is 56.7. The van der Waals surface area contributed by atoms with Crippen molar-refractivity contribution >= 4 is 33.2 Å². The van der Waals surface area contributed by atoms with Gasteiger partial charge in [0.15, 0.2) is 0 Å². The molecule has 3 heterocycles. The Kier molecular flexibility index (Phi) is 9.90. The van der Waals surface area contributed by atoms with Gasteiger partial charge in [0.05, 0.1) is 17.7 Å². The second-order valence-corrected chi connectivity index (χ2v) is 18.7.